The lowest BCUT2D eigenvalue weighted by Gasteiger charge is -2.19. The van der Waals surface area contributed by atoms with Gasteiger partial charge in [-0.2, -0.15) is 0 Å². The average Bonchev–Trinajstić information content (AvgIpc) is 3.19. The van der Waals surface area contributed by atoms with Gasteiger partial charge in [0.25, 0.3) is 5.91 Å². The van der Waals surface area contributed by atoms with E-state index in [1.807, 2.05) is 37.3 Å². The van der Waals surface area contributed by atoms with E-state index in [-0.39, 0.29) is 12.3 Å². The molecule has 0 amide bonds. The molecule has 3 aromatic carbocycles. The first-order valence-corrected chi connectivity index (χ1v) is 11.0. The van der Waals surface area contributed by atoms with E-state index in [2.05, 4.69) is 0 Å². The number of aliphatic carboxylic acids is 1. The highest BCUT2D eigenvalue weighted by molar-refractivity contribution is 6.04. The van der Waals surface area contributed by atoms with Gasteiger partial charge in [-0.15, -0.1) is 0 Å². The molecule has 0 spiro atoms. The van der Waals surface area contributed by atoms with Crippen LogP contribution in [0.3, 0.4) is 0 Å². The maximum absolute atomic E-state index is 13.3. The summed E-state index contributed by atoms with van der Waals surface area (Å²) in [5.41, 5.74) is 3.59. The summed E-state index contributed by atoms with van der Waals surface area (Å²) in [6.45, 7) is 3.28. The van der Waals surface area contributed by atoms with Gasteiger partial charge in [0.1, 0.15) is 25.6 Å². The minimum absolute atomic E-state index is 0.0929. The van der Waals surface area contributed by atoms with Crippen LogP contribution in [-0.4, -0.2) is 34.8 Å². The predicted molar refractivity (Wildman–Crippen MR) is 126 cm³/mol. The largest absolute Gasteiger partial charge is 0.489 e. The van der Waals surface area contributed by atoms with E-state index in [0.717, 1.165) is 22.4 Å². The molecule has 1 aliphatic rings. The number of nitrogens with zero attached hydrogens (tertiary/aromatic N) is 1. The maximum atomic E-state index is 13.3. The van der Waals surface area contributed by atoms with Crippen LogP contribution in [0, 0.1) is 6.92 Å². The van der Waals surface area contributed by atoms with Crippen LogP contribution >= 0.6 is 0 Å². The summed E-state index contributed by atoms with van der Waals surface area (Å²) in [5.74, 6) is 1.01. The Morgan fingerprint density at radius 1 is 0.971 bits per heavy atom. The van der Waals surface area contributed by atoms with Gasteiger partial charge in [0.05, 0.1) is 11.9 Å². The van der Waals surface area contributed by atoms with Gasteiger partial charge in [0.2, 0.25) is 0 Å². The second-order valence-corrected chi connectivity index (χ2v) is 8.14. The average molecular weight is 457 g/mol. The molecule has 4 aromatic rings. The molecule has 1 N–H and O–H groups in total. The molecule has 0 saturated heterocycles. The van der Waals surface area contributed by atoms with Crippen molar-refractivity contribution in [3.63, 3.8) is 0 Å². The van der Waals surface area contributed by atoms with Crippen molar-refractivity contribution >= 4 is 22.8 Å². The Morgan fingerprint density at radius 3 is 2.50 bits per heavy atom. The number of ether oxygens (including phenoxy) is 3. The minimum atomic E-state index is -0.906. The zero-order valence-corrected chi connectivity index (χ0v) is 18.6. The number of aryl methyl sites for hydroxylation is 1. The van der Waals surface area contributed by atoms with Gasteiger partial charge in [-0.1, -0.05) is 18.2 Å². The normalized spacial score (nSPS) is 12.5. The molecule has 1 aliphatic heterocycles. The van der Waals surface area contributed by atoms with Crippen molar-refractivity contribution in [3.05, 3.63) is 89.1 Å². The van der Waals surface area contributed by atoms with Gasteiger partial charge >= 0.3 is 5.97 Å². The Balaban J connectivity index is 1.33. The van der Waals surface area contributed by atoms with Crippen molar-refractivity contribution in [3.8, 4) is 17.2 Å². The van der Waals surface area contributed by atoms with E-state index < -0.39 is 5.97 Å². The Hall–Kier alpha value is -4.26. The molecule has 0 unspecified atom stereocenters. The first-order valence-electron chi connectivity index (χ1n) is 11.0. The number of carboxylic acids is 1. The van der Waals surface area contributed by atoms with E-state index in [1.54, 1.807) is 41.0 Å². The van der Waals surface area contributed by atoms with Crippen molar-refractivity contribution in [1.29, 1.82) is 0 Å². The van der Waals surface area contributed by atoms with Gasteiger partial charge in [-0.05, 0) is 66.6 Å². The Kier molecular flexibility index (Phi) is 5.67. The fourth-order valence-corrected chi connectivity index (χ4v) is 4.18. The van der Waals surface area contributed by atoms with Gasteiger partial charge in [0.15, 0.2) is 11.5 Å². The third-order valence-electron chi connectivity index (χ3n) is 5.78. The van der Waals surface area contributed by atoms with Crippen LogP contribution in [0.25, 0.3) is 10.9 Å². The summed E-state index contributed by atoms with van der Waals surface area (Å²) in [6, 6.07) is 19.9. The number of benzene rings is 3. The van der Waals surface area contributed by atoms with E-state index in [1.165, 1.54) is 0 Å². The molecule has 0 radical (unpaired) electrons. The second-order valence-electron chi connectivity index (χ2n) is 8.14. The predicted octanol–water partition coefficient (Wildman–Crippen LogP) is 4.62. The first-order chi connectivity index (χ1) is 16.5. The van der Waals surface area contributed by atoms with Crippen LogP contribution in [0.1, 0.15) is 27.2 Å². The minimum Gasteiger partial charge on any atom is -0.489 e. The van der Waals surface area contributed by atoms with Crippen LogP contribution in [0.15, 0.2) is 66.7 Å². The summed E-state index contributed by atoms with van der Waals surface area (Å²) >= 11 is 0. The topological polar surface area (TPSA) is 87.0 Å². The van der Waals surface area contributed by atoms with Crippen LogP contribution in [0.2, 0.25) is 0 Å². The van der Waals surface area contributed by atoms with Gasteiger partial charge in [-0.3, -0.25) is 14.2 Å². The number of aromatic nitrogens is 1. The van der Waals surface area contributed by atoms with Crippen molar-refractivity contribution < 1.29 is 28.9 Å². The van der Waals surface area contributed by atoms with Crippen molar-refractivity contribution in [2.75, 3.05) is 13.2 Å². The number of carboxylic acid groups (broad SMARTS) is 1. The lowest BCUT2D eigenvalue weighted by atomic mass is 10.1. The lowest BCUT2D eigenvalue weighted by molar-refractivity contribution is -0.136. The number of fused-ring (bicyclic) bond motifs is 2. The number of carbonyl (C=O) groups is 2. The molecular weight excluding hydrogens is 434 g/mol. The van der Waals surface area contributed by atoms with E-state index in [4.69, 9.17) is 14.2 Å². The highest BCUT2D eigenvalue weighted by Crippen LogP contribution is 2.31. The zero-order valence-electron chi connectivity index (χ0n) is 18.6. The van der Waals surface area contributed by atoms with Crippen molar-refractivity contribution in [2.45, 2.75) is 20.0 Å². The Morgan fingerprint density at radius 2 is 1.74 bits per heavy atom. The van der Waals surface area contributed by atoms with Crippen LogP contribution in [-0.2, 0) is 17.8 Å². The molecule has 7 nitrogen and oxygen atoms in total. The molecule has 1 aromatic heterocycles. The molecule has 0 atom stereocenters. The lowest BCUT2D eigenvalue weighted by Crippen LogP contribution is -2.15. The molecule has 0 bridgehead atoms. The van der Waals surface area contributed by atoms with E-state index in [0.29, 0.717) is 48.0 Å². The van der Waals surface area contributed by atoms with Gasteiger partial charge in [-0.25, -0.2) is 0 Å². The quantitative estimate of drug-likeness (QED) is 0.455. The third-order valence-corrected chi connectivity index (χ3v) is 5.78. The highest BCUT2D eigenvalue weighted by Gasteiger charge is 2.17. The molecule has 0 saturated carbocycles. The maximum Gasteiger partial charge on any atom is 0.307 e. The zero-order chi connectivity index (χ0) is 23.7. The molecule has 0 fully saturated rings. The molecule has 34 heavy (non-hydrogen) atoms. The summed E-state index contributed by atoms with van der Waals surface area (Å²) in [6.07, 6.45) is -0.0929. The third kappa shape index (κ3) is 4.20. The van der Waals surface area contributed by atoms with E-state index in [9.17, 15) is 14.7 Å². The monoisotopic (exact) mass is 457 g/mol. The summed E-state index contributed by atoms with van der Waals surface area (Å²) in [4.78, 5) is 24.5. The van der Waals surface area contributed by atoms with Crippen molar-refractivity contribution in [1.82, 2.24) is 4.57 Å². The summed E-state index contributed by atoms with van der Waals surface area (Å²) < 4.78 is 18.7. The highest BCUT2D eigenvalue weighted by atomic mass is 16.6. The van der Waals surface area contributed by atoms with Crippen LogP contribution in [0.4, 0.5) is 0 Å². The fourth-order valence-electron chi connectivity index (χ4n) is 4.18. The smallest absolute Gasteiger partial charge is 0.307 e. The number of carbonyl (C=O) groups excluding carboxylic acids is 1. The van der Waals surface area contributed by atoms with Crippen LogP contribution < -0.4 is 14.2 Å². The van der Waals surface area contributed by atoms with Crippen molar-refractivity contribution in [2.24, 2.45) is 0 Å². The molecule has 5 rings (SSSR count). The molecule has 2 heterocycles. The summed E-state index contributed by atoms with van der Waals surface area (Å²) in [5, 5.41) is 9.96. The summed E-state index contributed by atoms with van der Waals surface area (Å²) in [7, 11) is 0. The van der Waals surface area contributed by atoms with Crippen LogP contribution in [0.5, 0.6) is 17.2 Å². The first kappa shape index (κ1) is 21.6. The van der Waals surface area contributed by atoms with E-state index >= 15 is 0 Å². The fraction of sp³-hybridized carbons (Fsp3) is 0.185. The second kappa shape index (κ2) is 8.94. The van der Waals surface area contributed by atoms with Gasteiger partial charge < -0.3 is 19.3 Å². The molecule has 0 aliphatic carbocycles. The van der Waals surface area contributed by atoms with Gasteiger partial charge in [0, 0.05) is 16.6 Å². The number of rotatable bonds is 6. The molecule has 7 heteroatoms. The number of hydrogen-bond donors (Lipinski definition) is 1. The number of hydrogen-bond acceptors (Lipinski definition) is 5. The molecular formula is C27H23NO6. The standard InChI is InChI=1S/C27H23NO6/c1-17-13-22-20(15-26(29)30)3-2-4-23(22)28(17)27(31)19-6-8-21(9-7-19)34-16-18-5-10-24-25(14-18)33-12-11-32-24/h2-10,13-14H,11-12,15-16H2,1H3,(H,29,30). The Bertz CT molecular complexity index is 1390. The molecule has 172 valence electrons. The SMILES string of the molecule is Cc1cc2c(CC(=O)O)cccc2n1C(=O)c1ccc(OCc2ccc3c(c2)OCCO3)cc1. The Labute approximate surface area is 196 Å².